The lowest BCUT2D eigenvalue weighted by atomic mass is 9.86. The number of aliphatic carboxylic acids is 2. The number of likely N-dealkylation sites (tertiary alicyclic amines) is 1. The molecule has 1 heterocycles. The van der Waals surface area contributed by atoms with Crippen molar-refractivity contribution in [2.75, 3.05) is 39.3 Å². The third-order valence-corrected chi connectivity index (χ3v) is 8.79. The minimum absolute atomic E-state index is 0.0193. The fourth-order valence-corrected chi connectivity index (χ4v) is 4.56. The van der Waals surface area contributed by atoms with E-state index < -0.39 is 22.8 Å². The summed E-state index contributed by atoms with van der Waals surface area (Å²) in [7, 11) is 0. The van der Waals surface area contributed by atoms with E-state index in [1.807, 2.05) is 41.5 Å². The van der Waals surface area contributed by atoms with Crippen molar-refractivity contribution in [1.29, 1.82) is 0 Å². The maximum Gasteiger partial charge on any atom is 0.317 e. The van der Waals surface area contributed by atoms with Crippen LogP contribution in [0.3, 0.4) is 0 Å². The molecule has 2 aliphatic rings. The zero-order valence-electron chi connectivity index (χ0n) is 27.8. The van der Waals surface area contributed by atoms with E-state index in [0.717, 1.165) is 6.42 Å². The Labute approximate surface area is 266 Å². The van der Waals surface area contributed by atoms with E-state index in [2.05, 4.69) is 21.3 Å². The van der Waals surface area contributed by atoms with Crippen molar-refractivity contribution >= 4 is 35.9 Å². The Morgan fingerprint density at radius 3 is 1.73 bits per heavy atom. The third-order valence-electron chi connectivity index (χ3n) is 8.79. The smallest absolute Gasteiger partial charge is 0.317 e. The van der Waals surface area contributed by atoms with Gasteiger partial charge in [0, 0.05) is 37.6 Å². The van der Waals surface area contributed by atoms with Crippen molar-refractivity contribution in [2.45, 2.75) is 99.0 Å². The Morgan fingerprint density at radius 2 is 1.22 bits per heavy atom. The fraction of sp³-hybridized carbons (Fsp3) is 0.806. The quantitative estimate of drug-likeness (QED) is 0.129. The molecule has 0 aromatic carbocycles. The number of esters is 1. The molecule has 5 amide bonds. The predicted molar refractivity (Wildman–Crippen MR) is 167 cm³/mol. The molecule has 1 saturated carbocycles. The predicted octanol–water partition coefficient (Wildman–Crippen LogP) is 2.95. The number of hydrogen-bond donors (Lipinski definition) is 6. The van der Waals surface area contributed by atoms with E-state index in [-0.39, 0.29) is 55.0 Å². The number of carboxylic acids is 2. The van der Waals surface area contributed by atoms with Crippen LogP contribution in [0.15, 0.2) is 0 Å². The molecule has 258 valence electrons. The summed E-state index contributed by atoms with van der Waals surface area (Å²) in [6.07, 6.45) is 4.97. The largest absolute Gasteiger partial charge is 0.481 e. The van der Waals surface area contributed by atoms with Crippen LogP contribution in [0.25, 0.3) is 0 Å². The molecule has 0 spiro atoms. The zero-order chi connectivity index (χ0) is 34.2. The van der Waals surface area contributed by atoms with Crippen LogP contribution in [-0.2, 0) is 23.9 Å². The van der Waals surface area contributed by atoms with Crippen molar-refractivity contribution in [3.8, 4) is 0 Å². The number of carbonyl (C=O) groups is 6. The van der Waals surface area contributed by atoms with Gasteiger partial charge in [0.25, 0.3) is 0 Å². The number of hydrogen-bond acceptors (Lipinski definition) is 7. The average Bonchev–Trinajstić information content (AvgIpc) is 3.01. The number of nitrogens with one attached hydrogen (secondary N) is 4. The van der Waals surface area contributed by atoms with Gasteiger partial charge in [0.2, 0.25) is 5.91 Å². The first-order chi connectivity index (χ1) is 21.0. The minimum atomic E-state index is -0.800. The molecule has 1 saturated heterocycles. The van der Waals surface area contributed by atoms with Crippen molar-refractivity contribution in [1.82, 2.24) is 26.2 Å². The molecule has 0 aromatic heterocycles. The summed E-state index contributed by atoms with van der Waals surface area (Å²) in [6.45, 7) is 13.3. The first-order valence-electron chi connectivity index (χ1n) is 16.0. The highest BCUT2D eigenvalue weighted by Gasteiger charge is 2.29. The summed E-state index contributed by atoms with van der Waals surface area (Å²) in [6, 6.07) is -0.485. The average molecular weight is 642 g/mol. The molecule has 45 heavy (non-hydrogen) atoms. The Hall–Kier alpha value is -3.58. The molecule has 0 radical (unpaired) electrons. The zero-order valence-corrected chi connectivity index (χ0v) is 27.8. The molecule has 0 unspecified atom stereocenters. The maximum atomic E-state index is 11.9. The highest BCUT2D eigenvalue weighted by molar-refractivity contribution is 5.81. The summed E-state index contributed by atoms with van der Waals surface area (Å²) < 4.78 is 5.13. The first-order valence-corrected chi connectivity index (χ1v) is 16.0. The summed E-state index contributed by atoms with van der Waals surface area (Å²) in [4.78, 5) is 70.6. The molecular formula is C31H55N5O9. The maximum absolute atomic E-state index is 11.9. The first kappa shape index (κ1) is 39.4. The Kier molecular flexibility index (Phi) is 16.7. The number of carbonyl (C=O) groups excluding carboxylic acids is 4. The SMILES string of the molecule is CCC(C)(C)C(=O)NCCNC(=O)NC1CCC(C(=O)O)CC1.CCC(C)(C)C(=O)OCCNC(=O)N1CCC(C(=O)O)CC1. The number of nitrogens with zero attached hydrogens (tertiary/aromatic N) is 1. The number of rotatable bonds is 13. The highest BCUT2D eigenvalue weighted by Crippen LogP contribution is 2.24. The molecule has 1 aliphatic carbocycles. The molecule has 6 N–H and O–H groups in total. The summed E-state index contributed by atoms with van der Waals surface area (Å²) in [5.41, 5.74) is -0.909. The van der Waals surface area contributed by atoms with Crippen molar-refractivity contribution < 1.29 is 43.7 Å². The molecule has 2 fully saturated rings. The van der Waals surface area contributed by atoms with Crippen LogP contribution >= 0.6 is 0 Å². The van der Waals surface area contributed by atoms with E-state index in [9.17, 15) is 28.8 Å². The van der Waals surface area contributed by atoms with Gasteiger partial charge in [-0.15, -0.1) is 0 Å². The van der Waals surface area contributed by atoms with Gasteiger partial charge in [-0.05, 0) is 65.2 Å². The second kappa shape index (κ2) is 19.1. The molecular weight excluding hydrogens is 586 g/mol. The molecule has 0 aromatic rings. The van der Waals surface area contributed by atoms with Crippen LogP contribution in [0.5, 0.6) is 0 Å². The number of piperidine rings is 1. The molecule has 2 rings (SSSR count). The highest BCUT2D eigenvalue weighted by atomic mass is 16.5. The van der Waals surface area contributed by atoms with Crippen molar-refractivity contribution in [3.05, 3.63) is 0 Å². The second-order valence-electron chi connectivity index (χ2n) is 13.0. The normalized spacial score (nSPS) is 18.8. The van der Waals surface area contributed by atoms with Gasteiger partial charge in [-0.2, -0.15) is 0 Å². The van der Waals surface area contributed by atoms with Crippen LogP contribution in [0, 0.1) is 22.7 Å². The van der Waals surface area contributed by atoms with Gasteiger partial charge in [-0.3, -0.25) is 19.2 Å². The van der Waals surface area contributed by atoms with E-state index in [1.54, 1.807) is 4.90 Å². The van der Waals surface area contributed by atoms with Gasteiger partial charge >= 0.3 is 30.0 Å². The topological polar surface area (TPSA) is 203 Å². The molecule has 14 heteroatoms. The lowest BCUT2D eigenvalue weighted by Gasteiger charge is -2.30. The van der Waals surface area contributed by atoms with Crippen LogP contribution in [0.4, 0.5) is 9.59 Å². The van der Waals surface area contributed by atoms with E-state index >= 15 is 0 Å². The van der Waals surface area contributed by atoms with Crippen LogP contribution in [-0.4, -0.2) is 96.4 Å². The van der Waals surface area contributed by atoms with Crippen LogP contribution < -0.4 is 21.3 Å². The van der Waals surface area contributed by atoms with Crippen LogP contribution in [0.2, 0.25) is 0 Å². The van der Waals surface area contributed by atoms with Gasteiger partial charge in [-0.1, -0.05) is 27.7 Å². The summed E-state index contributed by atoms with van der Waals surface area (Å²) in [5, 5.41) is 28.9. The van der Waals surface area contributed by atoms with Crippen molar-refractivity contribution in [2.24, 2.45) is 22.7 Å². The Bertz CT molecular complexity index is 1000. The summed E-state index contributed by atoms with van der Waals surface area (Å²) >= 11 is 0. The fourth-order valence-electron chi connectivity index (χ4n) is 4.56. The summed E-state index contributed by atoms with van der Waals surface area (Å²) in [5.74, 6) is -2.49. The van der Waals surface area contributed by atoms with Crippen molar-refractivity contribution in [3.63, 3.8) is 0 Å². The Morgan fingerprint density at radius 1 is 0.711 bits per heavy atom. The monoisotopic (exact) mass is 641 g/mol. The van der Waals surface area contributed by atoms with E-state index in [4.69, 9.17) is 14.9 Å². The lowest BCUT2D eigenvalue weighted by molar-refractivity contribution is -0.154. The number of amides is 5. The Balaban J connectivity index is 0.000000450. The molecule has 0 atom stereocenters. The molecule has 1 aliphatic heterocycles. The minimum Gasteiger partial charge on any atom is -0.481 e. The molecule has 0 bridgehead atoms. The van der Waals surface area contributed by atoms with Crippen LogP contribution in [0.1, 0.15) is 92.9 Å². The van der Waals surface area contributed by atoms with Gasteiger partial charge in [0.1, 0.15) is 6.61 Å². The lowest BCUT2D eigenvalue weighted by Crippen LogP contribution is -2.46. The third kappa shape index (κ3) is 14.4. The van der Waals surface area contributed by atoms with Gasteiger partial charge in [-0.25, -0.2) is 9.59 Å². The van der Waals surface area contributed by atoms with E-state index in [1.165, 1.54) is 0 Å². The second-order valence-corrected chi connectivity index (χ2v) is 13.0. The van der Waals surface area contributed by atoms with Gasteiger partial charge in [0.05, 0.1) is 23.8 Å². The van der Waals surface area contributed by atoms with E-state index in [0.29, 0.717) is 71.1 Å². The number of urea groups is 2. The number of carboxylic acid groups (broad SMARTS) is 2. The standard InChI is InChI=1S/C16H29N3O4.C15H26N2O5/c1-4-16(2,3)14(22)17-9-10-18-15(23)19-12-7-5-11(6-8-12)13(20)21;1-4-15(2,3)13(20)22-10-7-16-14(21)17-8-5-11(6-9-17)12(18)19/h11-12H,4-10H2,1-3H3,(H,17,22)(H,20,21)(H2,18,19,23);11H,4-10H2,1-3H3,(H,16,21)(H,18,19). The molecule has 14 nitrogen and oxygen atoms in total. The number of ether oxygens (including phenoxy) is 1. The van der Waals surface area contributed by atoms with Gasteiger partial charge < -0.3 is 41.1 Å². The van der Waals surface area contributed by atoms with Gasteiger partial charge in [0.15, 0.2) is 0 Å².